The molecule has 5 rings (SSSR count). The Morgan fingerprint density at radius 3 is 2.02 bits per heavy atom. The molecule has 4 amide bonds. The number of carbonyl (C=O) groups excluding carboxylic acids is 5. The fourth-order valence-electron chi connectivity index (χ4n) is 8.69. The summed E-state index contributed by atoms with van der Waals surface area (Å²) in [6.45, 7) is 7.14. The Morgan fingerprint density at radius 2 is 1.41 bits per heavy atom. The monoisotopic (exact) mass is 773 g/mol. The van der Waals surface area contributed by atoms with Crippen LogP contribution < -0.4 is 27.4 Å². The molecule has 0 bridgehead atoms. The van der Waals surface area contributed by atoms with Crippen LogP contribution in [0.4, 0.5) is 0 Å². The number of unbranched alkanes of at least 4 members (excludes halogenated alkanes) is 1. The van der Waals surface area contributed by atoms with Gasteiger partial charge >= 0.3 is 0 Å². The lowest BCUT2D eigenvalue weighted by Crippen LogP contribution is -2.60. The SMILES string of the molecule is CC(C)C[C@@H](NC(=O)[C@@H](Cc1ccccc1)NC(=O)[C@H](N)Cc1ccccc1)C(=O)N[C@H](CCCCN)C(=O)N1CCC2(CC1)CC(N1CCC[C@@H]1OC=O)C2. The second kappa shape index (κ2) is 20.7. The Labute approximate surface area is 332 Å². The fraction of sp³-hybridized carbons (Fsp3) is 0.605. The normalized spacial score (nSPS) is 20.4. The van der Waals surface area contributed by atoms with Gasteiger partial charge in [0.15, 0.2) is 6.23 Å². The van der Waals surface area contributed by atoms with Gasteiger partial charge in [-0.15, -0.1) is 0 Å². The van der Waals surface area contributed by atoms with Crippen LogP contribution in [0.1, 0.15) is 89.2 Å². The van der Waals surface area contributed by atoms with Crippen molar-refractivity contribution in [2.75, 3.05) is 26.2 Å². The minimum atomic E-state index is -0.989. The highest BCUT2D eigenvalue weighted by atomic mass is 16.5. The number of ether oxygens (including phenoxy) is 1. The van der Waals surface area contributed by atoms with E-state index in [2.05, 4.69) is 20.9 Å². The molecule has 0 radical (unpaired) electrons. The molecular weight excluding hydrogens is 711 g/mol. The van der Waals surface area contributed by atoms with Crippen LogP contribution in [0.2, 0.25) is 0 Å². The van der Waals surface area contributed by atoms with Crippen molar-refractivity contribution in [3.8, 4) is 0 Å². The zero-order valence-corrected chi connectivity index (χ0v) is 33.2. The molecule has 3 aliphatic rings. The van der Waals surface area contributed by atoms with E-state index in [9.17, 15) is 24.0 Å². The van der Waals surface area contributed by atoms with Crippen LogP contribution in [0.3, 0.4) is 0 Å². The van der Waals surface area contributed by atoms with Crippen LogP contribution in [0.15, 0.2) is 60.7 Å². The van der Waals surface area contributed by atoms with Gasteiger partial charge in [-0.3, -0.25) is 28.9 Å². The van der Waals surface area contributed by atoms with Crippen molar-refractivity contribution in [1.82, 2.24) is 25.8 Å². The minimum Gasteiger partial charge on any atom is -0.449 e. The molecule has 1 aliphatic carbocycles. The molecule has 1 spiro atoms. The molecule has 13 nitrogen and oxygen atoms in total. The third-order valence-electron chi connectivity index (χ3n) is 11.8. The zero-order chi connectivity index (χ0) is 40.1. The molecule has 5 atom stereocenters. The van der Waals surface area contributed by atoms with Gasteiger partial charge in [-0.05, 0) is 99.6 Å². The summed E-state index contributed by atoms with van der Waals surface area (Å²) in [4.78, 5) is 70.8. The van der Waals surface area contributed by atoms with E-state index in [1.54, 1.807) is 0 Å². The van der Waals surface area contributed by atoms with Gasteiger partial charge in [-0.1, -0.05) is 74.5 Å². The molecule has 56 heavy (non-hydrogen) atoms. The number of carbonyl (C=O) groups is 5. The second-order valence-corrected chi connectivity index (χ2v) is 16.5. The van der Waals surface area contributed by atoms with Crippen molar-refractivity contribution < 1.29 is 28.7 Å². The molecule has 1 saturated carbocycles. The number of nitrogens with one attached hydrogen (secondary N) is 3. The predicted molar refractivity (Wildman–Crippen MR) is 215 cm³/mol. The number of amides is 4. The van der Waals surface area contributed by atoms with E-state index in [0.717, 1.165) is 62.6 Å². The van der Waals surface area contributed by atoms with Crippen molar-refractivity contribution in [3.05, 3.63) is 71.8 Å². The summed E-state index contributed by atoms with van der Waals surface area (Å²) in [6, 6.07) is 15.7. The summed E-state index contributed by atoms with van der Waals surface area (Å²) in [5.74, 6) is -1.47. The van der Waals surface area contributed by atoms with Crippen LogP contribution in [0.5, 0.6) is 0 Å². The Bertz CT molecular complexity index is 1580. The first-order chi connectivity index (χ1) is 27.0. The summed E-state index contributed by atoms with van der Waals surface area (Å²) in [6.07, 6.45) is 8.29. The number of benzene rings is 2. The number of likely N-dealkylation sites (tertiary alicyclic amines) is 2. The molecule has 306 valence electrons. The van der Waals surface area contributed by atoms with Crippen molar-refractivity contribution in [2.24, 2.45) is 22.8 Å². The number of piperidine rings is 1. The van der Waals surface area contributed by atoms with Gasteiger partial charge in [0.25, 0.3) is 6.47 Å². The van der Waals surface area contributed by atoms with Crippen LogP contribution in [0, 0.1) is 11.3 Å². The molecule has 13 heteroatoms. The van der Waals surface area contributed by atoms with Gasteiger partial charge < -0.3 is 37.1 Å². The van der Waals surface area contributed by atoms with Gasteiger partial charge in [0, 0.05) is 32.1 Å². The number of rotatable bonds is 20. The van der Waals surface area contributed by atoms with Crippen molar-refractivity contribution in [3.63, 3.8) is 0 Å². The molecule has 0 aromatic heterocycles. The van der Waals surface area contributed by atoms with Crippen LogP contribution >= 0.6 is 0 Å². The molecule has 2 aliphatic heterocycles. The van der Waals surface area contributed by atoms with Crippen LogP contribution in [-0.2, 0) is 41.6 Å². The number of nitrogens with zero attached hydrogens (tertiary/aromatic N) is 2. The molecule has 2 aromatic carbocycles. The van der Waals surface area contributed by atoms with E-state index < -0.39 is 41.9 Å². The van der Waals surface area contributed by atoms with E-state index >= 15 is 0 Å². The summed E-state index contributed by atoms with van der Waals surface area (Å²) in [5.41, 5.74) is 14.0. The molecule has 7 N–H and O–H groups in total. The van der Waals surface area contributed by atoms with E-state index in [1.807, 2.05) is 79.4 Å². The highest BCUT2D eigenvalue weighted by molar-refractivity contribution is 5.95. The van der Waals surface area contributed by atoms with E-state index in [4.69, 9.17) is 16.2 Å². The van der Waals surface area contributed by atoms with Crippen molar-refractivity contribution in [2.45, 2.75) is 127 Å². The number of nitrogens with two attached hydrogens (primary N) is 2. The first-order valence-corrected chi connectivity index (χ1v) is 20.6. The third kappa shape index (κ3) is 11.8. The predicted octanol–water partition coefficient (Wildman–Crippen LogP) is 2.79. The second-order valence-electron chi connectivity index (χ2n) is 16.5. The fourth-order valence-corrected chi connectivity index (χ4v) is 8.69. The van der Waals surface area contributed by atoms with Gasteiger partial charge in [-0.2, -0.15) is 0 Å². The maximum Gasteiger partial charge on any atom is 0.294 e. The highest BCUT2D eigenvalue weighted by Crippen LogP contribution is 2.52. The van der Waals surface area contributed by atoms with E-state index in [0.29, 0.717) is 57.8 Å². The van der Waals surface area contributed by atoms with Gasteiger partial charge in [-0.25, -0.2) is 0 Å². The van der Waals surface area contributed by atoms with Crippen LogP contribution in [-0.4, -0.2) is 103 Å². The molecule has 2 heterocycles. The Morgan fingerprint density at radius 1 is 0.821 bits per heavy atom. The largest absolute Gasteiger partial charge is 0.449 e. The molecule has 2 aromatic rings. The van der Waals surface area contributed by atoms with Gasteiger partial charge in [0.05, 0.1) is 6.04 Å². The van der Waals surface area contributed by atoms with Crippen molar-refractivity contribution in [1.29, 1.82) is 0 Å². The first kappa shape index (κ1) is 42.8. The standard InChI is InChI=1S/C43H63N7O6/c1-30(2)24-36(48-41(54)37(26-32-14-7-4-8-15-32)47-39(52)34(45)25-31-12-5-3-6-13-31)40(53)46-35(16-9-10-20-44)42(55)49-22-18-43(19-23-49)27-33(28-43)50-21-11-17-38(50)56-29-51/h3-8,12-15,29-30,33-38H,9-11,16-28,44-45H2,1-2H3,(H,46,53)(H,47,52)(H,48,54)/t34-,35-,36-,37-,38+/m1/s1. The number of hydrogen-bond donors (Lipinski definition) is 5. The Balaban J connectivity index is 1.22. The van der Waals surface area contributed by atoms with Crippen molar-refractivity contribution >= 4 is 30.1 Å². The summed E-state index contributed by atoms with van der Waals surface area (Å²) in [5, 5.41) is 8.82. The highest BCUT2D eigenvalue weighted by Gasteiger charge is 2.50. The summed E-state index contributed by atoms with van der Waals surface area (Å²) >= 11 is 0. The third-order valence-corrected chi connectivity index (χ3v) is 11.8. The smallest absolute Gasteiger partial charge is 0.294 e. The van der Waals surface area contributed by atoms with Gasteiger partial charge in [0.2, 0.25) is 23.6 Å². The molecule has 3 fully saturated rings. The van der Waals surface area contributed by atoms with Gasteiger partial charge in [0.1, 0.15) is 18.1 Å². The molecule has 2 saturated heterocycles. The summed E-state index contributed by atoms with van der Waals surface area (Å²) in [7, 11) is 0. The zero-order valence-electron chi connectivity index (χ0n) is 33.2. The lowest BCUT2D eigenvalue weighted by Gasteiger charge is -2.55. The van der Waals surface area contributed by atoms with E-state index in [1.165, 1.54) is 0 Å². The average molecular weight is 774 g/mol. The topological polar surface area (TPSA) is 189 Å². The quantitative estimate of drug-likeness (QED) is 0.0996. The Hall–Kier alpha value is -4.33. The summed E-state index contributed by atoms with van der Waals surface area (Å²) < 4.78 is 5.34. The lowest BCUT2D eigenvalue weighted by molar-refractivity contribution is -0.151. The maximum absolute atomic E-state index is 14.1. The lowest BCUT2D eigenvalue weighted by atomic mass is 9.60. The Kier molecular flexibility index (Phi) is 15.8. The molecular formula is C43H63N7O6. The van der Waals surface area contributed by atoms with Crippen LogP contribution in [0.25, 0.3) is 0 Å². The maximum atomic E-state index is 14.1. The van der Waals surface area contributed by atoms with E-state index in [-0.39, 0.29) is 29.9 Å². The first-order valence-electron chi connectivity index (χ1n) is 20.6. The number of hydrogen-bond acceptors (Lipinski definition) is 9. The molecule has 0 unspecified atom stereocenters. The average Bonchev–Trinajstić information content (AvgIpc) is 3.64. The minimum absolute atomic E-state index is 0.0457.